The van der Waals surface area contributed by atoms with E-state index in [1.54, 1.807) is 91.0 Å². The second kappa shape index (κ2) is 12.5. The quantitative estimate of drug-likeness (QED) is 0.170. The van der Waals surface area contributed by atoms with Crippen molar-refractivity contribution in [3.05, 3.63) is 141 Å². The third-order valence-corrected chi connectivity index (χ3v) is 11.0. The Morgan fingerprint density at radius 3 is 1.05 bits per heavy atom. The standard InChI is InChI=1S/3C11H7ClO2.In/c3*12-8-5-4-7-2-1-3-9(11(13)14)10(7)6-8;/h3*1-6H,(H,13,14);/q;;;+3/p-3. The van der Waals surface area contributed by atoms with Crippen molar-refractivity contribution < 1.29 is 22.9 Å². The fourth-order valence-electron chi connectivity index (χ4n) is 4.79. The summed E-state index contributed by atoms with van der Waals surface area (Å²) in [7, 11) is 0. The second-order valence-corrected chi connectivity index (χ2v) is 14.5. The minimum atomic E-state index is -4.76. The number of benzene rings is 6. The molecule has 0 amide bonds. The van der Waals surface area contributed by atoms with Crippen molar-refractivity contribution in [3.63, 3.8) is 0 Å². The number of fused-ring (bicyclic) bond motifs is 3. The van der Waals surface area contributed by atoms with Gasteiger partial charge in [0.2, 0.25) is 0 Å². The van der Waals surface area contributed by atoms with Gasteiger partial charge in [-0.2, -0.15) is 0 Å². The molecule has 0 saturated carbocycles. The molecular weight excluding hydrogens is 714 g/mol. The molecule has 0 bridgehead atoms. The molecule has 0 fully saturated rings. The average molecular weight is 732 g/mol. The number of carbonyl (C=O) groups is 3. The predicted molar refractivity (Wildman–Crippen MR) is 169 cm³/mol. The van der Waals surface area contributed by atoms with Crippen LogP contribution in [0.2, 0.25) is 15.1 Å². The van der Waals surface area contributed by atoms with Crippen molar-refractivity contribution in [1.29, 1.82) is 0 Å². The van der Waals surface area contributed by atoms with Gasteiger partial charge in [0.1, 0.15) is 0 Å². The van der Waals surface area contributed by atoms with Gasteiger partial charge >= 0.3 is 272 Å². The number of hydrogen-bond donors (Lipinski definition) is 0. The third kappa shape index (κ3) is 6.31. The van der Waals surface area contributed by atoms with Gasteiger partial charge in [-0.1, -0.05) is 0 Å². The van der Waals surface area contributed by atoms with E-state index in [4.69, 9.17) is 43.4 Å². The molecule has 0 aliphatic heterocycles. The van der Waals surface area contributed by atoms with Crippen LogP contribution in [0, 0.1) is 0 Å². The van der Waals surface area contributed by atoms with E-state index < -0.39 is 40.7 Å². The third-order valence-electron chi connectivity index (χ3n) is 6.80. The van der Waals surface area contributed by atoms with Crippen molar-refractivity contribution >= 4 is 108 Å². The fraction of sp³-hybridized carbons (Fsp3) is 0. The summed E-state index contributed by atoms with van der Waals surface area (Å²) in [6.45, 7) is 0. The Morgan fingerprint density at radius 1 is 0.442 bits per heavy atom. The Labute approximate surface area is 270 Å². The van der Waals surface area contributed by atoms with Gasteiger partial charge in [-0.3, -0.25) is 0 Å². The fourth-order valence-corrected chi connectivity index (χ4v) is 8.31. The summed E-state index contributed by atoms with van der Waals surface area (Å²) in [5, 5.41) is 5.14. The molecule has 0 aromatic heterocycles. The number of halogens is 3. The normalized spacial score (nSPS) is 11.0. The summed E-state index contributed by atoms with van der Waals surface area (Å²) in [6, 6.07) is 30.5. The van der Waals surface area contributed by atoms with Crippen LogP contribution in [-0.4, -0.2) is 40.7 Å². The van der Waals surface area contributed by atoms with Crippen molar-refractivity contribution in [1.82, 2.24) is 0 Å². The summed E-state index contributed by atoms with van der Waals surface area (Å²) in [6.07, 6.45) is 0. The van der Waals surface area contributed by atoms with Crippen LogP contribution in [0.4, 0.5) is 0 Å². The number of rotatable bonds is 6. The predicted octanol–water partition coefficient (Wildman–Crippen LogP) is 8.96. The van der Waals surface area contributed by atoms with Gasteiger partial charge in [0, 0.05) is 0 Å². The second-order valence-electron chi connectivity index (χ2n) is 9.52. The van der Waals surface area contributed by atoms with E-state index in [-0.39, 0.29) is 16.7 Å². The van der Waals surface area contributed by atoms with Crippen LogP contribution in [0.1, 0.15) is 31.1 Å². The van der Waals surface area contributed by atoms with Crippen LogP contribution in [0.15, 0.2) is 109 Å². The monoisotopic (exact) mass is 730 g/mol. The Kier molecular flexibility index (Phi) is 8.50. The van der Waals surface area contributed by atoms with Crippen LogP contribution >= 0.6 is 34.8 Å². The number of carbonyl (C=O) groups excluding carboxylic acids is 3. The first-order valence-corrected chi connectivity index (χ1v) is 18.1. The summed E-state index contributed by atoms with van der Waals surface area (Å²) < 4.78 is 17.2. The minimum absolute atomic E-state index is 0.183. The van der Waals surface area contributed by atoms with Crippen molar-refractivity contribution in [3.8, 4) is 0 Å². The van der Waals surface area contributed by atoms with Gasteiger partial charge in [0.15, 0.2) is 0 Å². The van der Waals surface area contributed by atoms with E-state index in [2.05, 4.69) is 0 Å². The van der Waals surface area contributed by atoms with Gasteiger partial charge < -0.3 is 0 Å². The molecule has 43 heavy (non-hydrogen) atoms. The molecule has 0 aliphatic carbocycles. The molecule has 6 rings (SSSR count). The molecule has 6 aromatic rings. The van der Waals surface area contributed by atoms with E-state index in [0.29, 0.717) is 31.2 Å². The molecule has 0 atom stereocenters. The molecule has 0 unspecified atom stereocenters. The van der Waals surface area contributed by atoms with Crippen molar-refractivity contribution in [2.75, 3.05) is 0 Å². The van der Waals surface area contributed by atoms with E-state index >= 15 is 0 Å². The average Bonchev–Trinajstić information content (AvgIpc) is 2.99. The molecule has 0 heterocycles. The molecule has 0 saturated heterocycles. The Morgan fingerprint density at radius 2 is 0.744 bits per heavy atom. The zero-order valence-corrected chi connectivity index (χ0v) is 27.6. The zero-order valence-electron chi connectivity index (χ0n) is 22.1. The maximum absolute atomic E-state index is 13.5. The van der Waals surface area contributed by atoms with Gasteiger partial charge in [-0.25, -0.2) is 0 Å². The molecule has 0 aliphatic rings. The first-order valence-electron chi connectivity index (χ1n) is 12.9. The van der Waals surface area contributed by atoms with Crippen LogP contribution in [0.5, 0.6) is 0 Å². The van der Waals surface area contributed by atoms with E-state index in [1.165, 1.54) is 0 Å². The molecule has 6 nitrogen and oxygen atoms in total. The van der Waals surface area contributed by atoms with Crippen LogP contribution in [-0.2, 0) is 8.56 Å². The Bertz CT molecular complexity index is 1840. The molecule has 0 spiro atoms. The van der Waals surface area contributed by atoms with E-state index in [9.17, 15) is 14.4 Å². The Balaban J connectivity index is 1.36. The van der Waals surface area contributed by atoms with Gasteiger partial charge in [0.25, 0.3) is 0 Å². The van der Waals surface area contributed by atoms with Gasteiger partial charge in [0.05, 0.1) is 0 Å². The van der Waals surface area contributed by atoms with Gasteiger partial charge in [-0.05, 0) is 0 Å². The molecule has 6 aromatic carbocycles. The van der Waals surface area contributed by atoms with Crippen molar-refractivity contribution in [2.24, 2.45) is 0 Å². The molecule has 10 heteroatoms. The first-order chi connectivity index (χ1) is 20.8. The molecule has 0 radical (unpaired) electrons. The topological polar surface area (TPSA) is 78.9 Å². The van der Waals surface area contributed by atoms with Crippen molar-refractivity contribution in [2.45, 2.75) is 0 Å². The molecule has 0 N–H and O–H groups in total. The van der Waals surface area contributed by atoms with E-state index in [1.807, 2.05) is 18.2 Å². The van der Waals surface area contributed by atoms with Gasteiger partial charge in [-0.15, -0.1) is 0 Å². The SMILES string of the molecule is O=C([O][In]([O]C(=O)c1cccc2ccc(Cl)cc12)[O]C(=O)c1cccc2ccc(Cl)cc12)c1cccc2ccc(Cl)cc12. The summed E-state index contributed by atoms with van der Waals surface area (Å²) >= 11 is 13.8. The number of hydrogen-bond acceptors (Lipinski definition) is 6. The first kappa shape index (κ1) is 29.3. The summed E-state index contributed by atoms with van der Waals surface area (Å²) in [4.78, 5) is 40.5. The molecular formula is C33H18Cl3InO6. The summed E-state index contributed by atoms with van der Waals surface area (Å²) in [5.41, 5.74) is 0.549. The summed E-state index contributed by atoms with van der Waals surface area (Å²) in [5.74, 6) is -2.43. The maximum atomic E-state index is 13.5. The molecule has 210 valence electrons. The van der Waals surface area contributed by atoms with Crippen LogP contribution in [0.25, 0.3) is 32.3 Å². The Hall–Kier alpha value is -3.75. The van der Waals surface area contributed by atoms with Crippen LogP contribution in [0.3, 0.4) is 0 Å². The zero-order chi connectivity index (χ0) is 30.1. The van der Waals surface area contributed by atoms with E-state index in [0.717, 1.165) is 16.2 Å². The van der Waals surface area contributed by atoms with Crippen LogP contribution < -0.4 is 0 Å².